The van der Waals surface area contributed by atoms with Crippen molar-refractivity contribution in [3.8, 4) is 11.3 Å². The molecule has 9 nitrogen and oxygen atoms in total. The predicted octanol–water partition coefficient (Wildman–Crippen LogP) is 5.52. The minimum absolute atomic E-state index is 0.0265. The Labute approximate surface area is 216 Å². The first kappa shape index (κ1) is 25.3. The third-order valence-corrected chi connectivity index (χ3v) is 5.69. The molecule has 0 spiro atoms. The Hall–Kier alpha value is -4.76. The van der Waals surface area contributed by atoms with Crippen LogP contribution in [0.3, 0.4) is 0 Å². The number of halogens is 1. The quantitative estimate of drug-likeness (QED) is 0.172. The fourth-order valence-electron chi connectivity index (χ4n) is 3.55. The van der Waals surface area contributed by atoms with Crippen molar-refractivity contribution in [2.45, 2.75) is 12.5 Å². The molecule has 0 saturated carbocycles. The van der Waals surface area contributed by atoms with Gasteiger partial charge in [0.05, 0.1) is 23.6 Å². The second kappa shape index (κ2) is 11.8. The van der Waals surface area contributed by atoms with E-state index in [9.17, 15) is 19.7 Å². The standard InChI is InChI=1S/C27H21ClN4O5/c28-22-13-11-20(15-24(22)32(35)36)25-14-12-21(37-25)17-29-31-26(33)16-23(18-7-3-1-4-8-18)30-27(34)19-9-5-2-6-10-19/h1-15,17,23H,16H2,(H,30,34)(H,31,33)/b29-17-/t23-/m1/s1. The highest BCUT2D eigenvalue weighted by molar-refractivity contribution is 6.32. The number of nitrogens with one attached hydrogen (secondary N) is 2. The normalized spacial score (nSPS) is 11.7. The van der Waals surface area contributed by atoms with Crippen LogP contribution in [-0.2, 0) is 4.79 Å². The molecule has 0 bridgehead atoms. The maximum absolute atomic E-state index is 12.7. The van der Waals surface area contributed by atoms with Crippen LogP contribution in [0.25, 0.3) is 11.3 Å². The first-order valence-electron chi connectivity index (χ1n) is 11.2. The van der Waals surface area contributed by atoms with Crippen LogP contribution in [0.15, 0.2) is 101 Å². The van der Waals surface area contributed by atoms with E-state index in [4.69, 9.17) is 16.0 Å². The van der Waals surface area contributed by atoms with Crippen molar-refractivity contribution in [3.63, 3.8) is 0 Å². The van der Waals surface area contributed by atoms with E-state index in [0.717, 1.165) is 5.56 Å². The molecule has 1 atom stereocenters. The van der Waals surface area contributed by atoms with Crippen LogP contribution >= 0.6 is 11.6 Å². The zero-order valence-corrected chi connectivity index (χ0v) is 20.1. The van der Waals surface area contributed by atoms with Gasteiger partial charge in [-0.2, -0.15) is 5.10 Å². The first-order valence-corrected chi connectivity index (χ1v) is 11.6. The molecular weight excluding hydrogens is 496 g/mol. The molecule has 2 amide bonds. The summed E-state index contributed by atoms with van der Waals surface area (Å²) in [6.07, 6.45) is 1.27. The van der Waals surface area contributed by atoms with Gasteiger partial charge >= 0.3 is 0 Å². The molecule has 3 aromatic carbocycles. The van der Waals surface area contributed by atoms with Gasteiger partial charge in [-0.3, -0.25) is 19.7 Å². The van der Waals surface area contributed by atoms with E-state index in [-0.39, 0.29) is 23.0 Å². The number of hydrazone groups is 1. The average Bonchev–Trinajstić information content (AvgIpc) is 3.38. The summed E-state index contributed by atoms with van der Waals surface area (Å²) < 4.78 is 5.65. The monoisotopic (exact) mass is 516 g/mol. The highest BCUT2D eigenvalue weighted by Crippen LogP contribution is 2.31. The second-order valence-electron chi connectivity index (χ2n) is 7.93. The lowest BCUT2D eigenvalue weighted by Crippen LogP contribution is -2.32. The Morgan fingerprint density at radius 1 is 1.00 bits per heavy atom. The van der Waals surface area contributed by atoms with Crippen molar-refractivity contribution in [1.82, 2.24) is 10.7 Å². The Balaban J connectivity index is 1.40. The second-order valence-corrected chi connectivity index (χ2v) is 8.33. The number of amides is 2. The van der Waals surface area contributed by atoms with Gasteiger partial charge in [0.15, 0.2) is 0 Å². The summed E-state index contributed by atoms with van der Waals surface area (Å²) in [5, 5.41) is 18.0. The molecule has 10 heteroatoms. The molecule has 0 radical (unpaired) electrons. The van der Waals surface area contributed by atoms with E-state index in [0.29, 0.717) is 22.6 Å². The van der Waals surface area contributed by atoms with Gasteiger partial charge in [0, 0.05) is 17.2 Å². The van der Waals surface area contributed by atoms with E-state index in [1.807, 2.05) is 36.4 Å². The number of furan rings is 1. The van der Waals surface area contributed by atoms with Gasteiger partial charge in [0.2, 0.25) is 5.91 Å². The topological polar surface area (TPSA) is 127 Å². The van der Waals surface area contributed by atoms with Crippen molar-refractivity contribution in [2.24, 2.45) is 5.10 Å². The number of hydrogen-bond acceptors (Lipinski definition) is 6. The van der Waals surface area contributed by atoms with Crippen LogP contribution in [0, 0.1) is 10.1 Å². The number of carbonyl (C=O) groups is 2. The van der Waals surface area contributed by atoms with Crippen molar-refractivity contribution >= 4 is 35.3 Å². The summed E-state index contributed by atoms with van der Waals surface area (Å²) in [5.74, 6) is -0.0138. The van der Waals surface area contributed by atoms with Crippen molar-refractivity contribution in [3.05, 3.63) is 123 Å². The molecule has 0 aliphatic rings. The van der Waals surface area contributed by atoms with Crippen LogP contribution in [0.1, 0.15) is 34.1 Å². The Morgan fingerprint density at radius 2 is 1.70 bits per heavy atom. The van der Waals surface area contributed by atoms with Crippen molar-refractivity contribution in [1.29, 1.82) is 0 Å². The van der Waals surface area contributed by atoms with Gasteiger partial charge in [0.25, 0.3) is 11.6 Å². The molecule has 37 heavy (non-hydrogen) atoms. The average molecular weight is 517 g/mol. The predicted molar refractivity (Wildman–Crippen MR) is 139 cm³/mol. The number of carbonyl (C=O) groups excluding carboxylic acids is 2. The van der Waals surface area contributed by atoms with Crippen molar-refractivity contribution in [2.75, 3.05) is 0 Å². The highest BCUT2D eigenvalue weighted by Gasteiger charge is 2.19. The van der Waals surface area contributed by atoms with E-state index in [1.54, 1.807) is 42.5 Å². The van der Waals surface area contributed by atoms with Crippen LogP contribution < -0.4 is 10.7 Å². The maximum atomic E-state index is 12.7. The molecule has 4 rings (SSSR count). The molecule has 0 fully saturated rings. The first-order chi connectivity index (χ1) is 17.9. The molecule has 1 aromatic heterocycles. The lowest BCUT2D eigenvalue weighted by atomic mass is 10.0. The summed E-state index contributed by atoms with van der Waals surface area (Å²) in [6, 6.07) is 24.9. The van der Waals surface area contributed by atoms with Crippen LogP contribution in [-0.4, -0.2) is 23.0 Å². The Morgan fingerprint density at radius 3 is 2.41 bits per heavy atom. The zero-order valence-electron chi connectivity index (χ0n) is 19.3. The lowest BCUT2D eigenvalue weighted by Gasteiger charge is -2.18. The molecule has 0 aliphatic carbocycles. The molecule has 1 heterocycles. The molecular formula is C27H21ClN4O5. The number of rotatable bonds is 9. The Kier molecular flexibility index (Phi) is 8.07. The van der Waals surface area contributed by atoms with Gasteiger partial charge in [-0.15, -0.1) is 0 Å². The molecule has 0 saturated heterocycles. The fraction of sp³-hybridized carbons (Fsp3) is 0.0741. The van der Waals surface area contributed by atoms with E-state index in [1.165, 1.54) is 18.3 Å². The number of hydrogen-bond donors (Lipinski definition) is 2. The molecule has 0 unspecified atom stereocenters. The highest BCUT2D eigenvalue weighted by atomic mass is 35.5. The molecule has 2 N–H and O–H groups in total. The third-order valence-electron chi connectivity index (χ3n) is 5.37. The van der Waals surface area contributed by atoms with E-state index < -0.39 is 16.9 Å². The van der Waals surface area contributed by atoms with Gasteiger partial charge < -0.3 is 9.73 Å². The largest absolute Gasteiger partial charge is 0.455 e. The summed E-state index contributed by atoms with van der Waals surface area (Å²) in [5.41, 5.74) is 3.94. The van der Waals surface area contributed by atoms with Gasteiger partial charge in [-0.25, -0.2) is 5.43 Å². The van der Waals surface area contributed by atoms with Crippen LogP contribution in [0.2, 0.25) is 5.02 Å². The van der Waals surface area contributed by atoms with Crippen LogP contribution in [0.4, 0.5) is 5.69 Å². The number of nitrogens with zero attached hydrogens (tertiary/aromatic N) is 2. The van der Waals surface area contributed by atoms with E-state index in [2.05, 4.69) is 15.8 Å². The minimum Gasteiger partial charge on any atom is -0.455 e. The smallest absolute Gasteiger partial charge is 0.288 e. The fourth-order valence-corrected chi connectivity index (χ4v) is 3.74. The zero-order chi connectivity index (χ0) is 26.2. The minimum atomic E-state index is -0.572. The van der Waals surface area contributed by atoms with Crippen LogP contribution in [0.5, 0.6) is 0 Å². The lowest BCUT2D eigenvalue weighted by molar-refractivity contribution is -0.384. The van der Waals surface area contributed by atoms with E-state index >= 15 is 0 Å². The van der Waals surface area contributed by atoms with Gasteiger partial charge in [0.1, 0.15) is 16.5 Å². The molecule has 186 valence electrons. The van der Waals surface area contributed by atoms with Gasteiger partial charge in [-0.05, 0) is 42.0 Å². The molecule has 4 aromatic rings. The summed E-state index contributed by atoms with van der Waals surface area (Å²) in [7, 11) is 0. The summed E-state index contributed by atoms with van der Waals surface area (Å²) >= 11 is 5.86. The SMILES string of the molecule is O=C(C[C@@H](NC(=O)c1ccccc1)c1ccccc1)N/N=C\c1ccc(-c2ccc(Cl)c([N+](=O)[O-])c2)o1. The number of nitro groups is 1. The van der Waals surface area contributed by atoms with Gasteiger partial charge in [-0.1, -0.05) is 60.1 Å². The molecule has 0 aliphatic heterocycles. The number of nitro benzene ring substituents is 1. The Bertz CT molecular complexity index is 1440. The third kappa shape index (κ3) is 6.68. The summed E-state index contributed by atoms with van der Waals surface area (Å²) in [6.45, 7) is 0. The summed E-state index contributed by atoms with van der Waals surface area (Å²) in [4.78, 5) is 35.8. The maximum Gasteiger partial charge on any atom is 0.288 e. The number of benzene rings is 3. The van der Waals surface area contributed by atoms with Crippen molar-refractivity contribution < 1.29 is 18.9 Å².